The summed E-state index contributed by atoms with van der Waals surface area (Å²) in [6.45, 7) is -0.0138. The lowest BCUT2D eigenvalue weighted by atomic mass is 9.91. The van der Waals surface area contributed by atoms with Crippen LogP contribution in [0.4, 0.5) is 26.3 Å². The molecule has 0 aromatic heterocycles. The van der Waals surface area contributed by atoms with Crippen LogP contribution in [0, 0.1) is 0 Å². The molecule has 0 aliphatic carbocycles. The lowest BCUT2D eigenvalue weighted by molar-refractivity contribution is -0.143. The van der Waals surface area contributed by atoms with Gasteiger partial charge in [0.1, 0.15) is 5.75 Å². The molecule has 7 nitrogen and oxygen atoms in total. The maximum atomic E-state index is 13.6. The summed E-state index contributed by atoms with van der Waals surface area (Å²) in [6, 6.07) is 12.1. The van der Waals surface area contributed by atoms with Gasteiger partial charge in [0.25, 0.3) is 11.8 Å². The largest absolute Gasteiger partial charge is 0.493 e. The molecular weight excluding hydrogens is 618 g/mol. The van der Waals surface area contributed by atoms with Crippen LogP contribution in [0.2, 0.25) is 0 Å². The zero-order valence-electron chi connectivity index (χ0n) is 24.7. The molecule has 2 amide bonds. The number of halogens is 6. The number of alkyl halides is 6. The van der Waals surface area contributed by atoms with Crippen molar-refractivity contribution in [3.8, 4) is 17.2 Å². The lowest BCUT2D eigenvalue weighted by Crippen LogP contribution is -2.54. The van der Waals surface area contributed by atoms with Gasteiger partial charge in [0.15, 0.2) is 17.6 Å². The Kier molecular flexibility index (Phi) is 9.22. The minimum atomic E-state index is -5.09. The van der Waals surface area contributed by atoms with E-state index in [1.54, 1.807) is 54.6 Å². The highest BCUT2D eigenvalue weighted by molar-refractivity contribution is 5.95. The molecule has 0 bridgehead atoms. The molecule has 2 heterocycles. The number of nitrogens with one attached hydrogen (secondary N) is 1. The number of ether oxygens (including phenoxy) is 3. The Bertz CT molecular complexity index is 1590. The third-order valence-electron chi connectivity index (χ3n) is 7.95. The Hall–Kier alpha value is -4.68. The van der Waals surface area contributed by atoms with Crippen molar-refractivity contribution >= 4 is 17.9 Å². The number of likely N-dealkylation sites (tertiary alicyclic amines) is 1. The highest BCUT2D eigenvalue weighted by atomic mass is 19.4. The van der Waals surface area contributed by atoms with Gasteiger partial charge in [-0.2, -0.15) is 26.3 Å². The fraction of sp³-hybridized carbons (Fsp3) is 0.333. The van der Waals surface area contributed by atoms with Crippen molar-refractivity contribution in [3.63, 3.8) is 0 Å². The average molecular weight is 649 g/mol. The Morgan fingerprint density at radius 1 is 0.913 bits per heavy atom. The van der Waals surface area contributed by atoms with Crippen LogP contribution in [0.15, 0.2) is 66.7 Å². The second-order valence-corrected chi connectivity index (χ2v) is 11.0. The van der Waals surface area contributed by atoms with Crippen molar-refractivity contribution < 1.29 is 50.1 Å². The zero-order valence-corrected chi connectivity index (χ0v) is 24.7. The third-order valence-corrected chi connectivity index (χ3v) is 7.95. The average Bonchev–Trinajstić information content (AvgIpc) is 3.03. The van der Waals surface area contributed by atoms with Crippen molar-refractivity contribution in [2.24, 2.45) is 0 Å². The zero-order chi connectivity index (χ0) is 33.2. The molecule has 1 saturated heterocycles. The summed E-state index contributed by atoms with van der Waals surface area (Å²) in [5.74, 6) is -0.0982. The van der Waals surface area contributed by atoms with Gasteiger partial charge >= 0.3 is 12.4 Å². The molecule has 1 fully saturated rings. The number of rotatable bonds is 7. The molecule has 244 valence electrons. The van der Waals surface area contributed by atoms with Gasteiger partial charge in [-0.05, 0) is 55.2 Å². The van der Waals surface area contributed by atoms with Gasteiger partial charge in [0.2, 0.25) is 0 Å². The first kappa shape index (κ1) is 32.7. The minimum Gasteiger partial charge on any atom is -0.493 e. The molecule has 3 aromatic carbocycles. The molecule has 1 N–H and O–H groups in total. The molecule has 2 aliphatic rings. The first-order valence-corrected chi connectivity index (χ1v) is 14.3. The molecule has 0 spiro atoms. The van der Waals surface area contributed by atoms with E-state index >= 15 is 0 Å². The lowest BCUT2D eigenvalue weighted by Gasteiger charge is -2.40. The molecule has 13 heteroatoms. The molecule has 1 unspecified atom stereocenters. The molecule has 46 heavy (non-hydrogen) atoms. The summed E-state index contributed by atoms with van der Waals surface area (Å²) in [4.78, 5) is 28.2. The van der Waals surface area contributed by atoms with Gasteiger partial charge in [-0.3, -0.25) is 9.59 Å². The quantitative estimate of drug-likeness (QED) is 0.294. The van der Waals surface area contributed by atoms with Crippen LogP contribution in [-0.4, -0.2) is 55.7 Å². The van der Waals surface area contributed by atoms with Crippen LogP contribution in [-0.2, 0) is 23.6 Å². The number of hydrogen-bond donors (Lipinski definition) is 1. The van der Waals surface area contributed by atoms with Gasteiger partial charge in [-0.15, -0.1) is 0 Å². The van der Waals surface area contributed by atoms with E-state index in [1.807, 2.05) is 0 Å². The maximum Gasteiger partial charge on any atom is 0.416 e. The number of nitrogens with zero attached hydrogens (tertiary/aromatic N) is 1. The summed E-state index contributed by atoms with van der Waals surface area (Å²) in [5, 5.41) is 2.94. The van der Waals surface area contributed by atoms with Gasteiger partial charge in [-0.1, -0.05) is 36.4 Å². The van der Waals surface area contributed by atoms with E-state index in [9.17, 15) is 35.9 Å². The summed E-state index contributed by atoms with van der Waals surface area (Å²) in [7, 11) is 2.97. The first-order chi connectivity index (χ1) is 21.8. The fourth-order valence-corrected chi connectivity index (χ4v) is 5.67. The topological polar surface area (TPSA) is 77.1 Å². The van der Waals surface area contributed by atoms with Crippen LogP contribution in [0.3, 0.4) is 0 Å². The van der Waals surface area contributed by atoms with Gasteiger partial charge in [-0.25, -0.2) is 0 Å². The van der Waals surface area contributed by atoms with Crippen molar-refractivity contribution in [2.45, 2.75) is 49.8 Å². The molecule has 3 aromatic rings. The van der Waals surface area contributed by atoms with Crippen molar-refractivity contribution in [1.82, 2.24) is 10.2 Å². The second kappa shape index (κ2) is 13.0. The highest BCUT2D eigenvalue weighted by Crippen LogP contribution is 2.39. The Morgan fingerprint density at radius 3 is 2.15 bits per heavy atom. The van der Waals surface area contributed by atoms with Gasteiger partial charge in [0, 0.05) is 35.8 Å². The summed E-state index contributed by atoms with van der Waals surface area (Å²) >= 11 is 0. The SMILES string of the molecule is COc1cc2c(cc1OC)O[C@@H](C(=O)N[C@H]1CCN(C(=O)c3cc(C(F)(F)F)cc(C(F)(F)F)c3)C(Cc3ccccc3)C1)C=C2. The Morgan fingerprint density at radius 2 is 1.54 bits per heavy atom. The number of benzene rings is 3. The predicted octanol–water partition coefficient (Wildman–Crippen LogP) is 6.55. The number of amides is 2. The first-order valence-electron chi connectivity index (χ1n) is 14.3. The van der Waals surface area contributed by atoms with E-state index < -0.39 is 59.0 Å². The summed E-state index contributed by atoms with van der Waals surface area (Å²) in [5.41, 5.74) is -2.36. The number of fused-ring (bicyclic) bond motifs is 1. The van der Waals surface area contributed by atoms with Crippen LogP contribution >= 0.6 is 0 Å². The summed E-state index contributed by atoms with van der Waals surface area (Å²) < 4.78 is 97.7. The molecule has 5 rings (SSSR count). The van der Waals surface area contributed by atoms with E-state index in [2.05, 4.69) is 5.32 Å². The highest BCUT2D eigenvalue weighted by Gasteiger charge is 2.40. The monoisotopic (exact) mass is 648 g/mol. The van der Waals surface area contributed by atoms with Crippen LogP contribution in [0.5, 0.6) is 17.2 Å². The van der Waals surface area contributed by atoms with E-state index in [0.29, 0.717) is 34.9 Å². The maximum absolute atomic E-state index is 13.6. The fourth-order valence-electron chi connectivity index (χ4n) is 5.67. The molecule has 2 aliphatic heterocycles. The van der Waals surface area contributed by atoms with Crippen molar-refractivity contribution in [1.29, 1.82) is 0 Å². The normalized spacial score (nSPS) is 19.6. The van der Waals surface area contributed by atoms with E-state index in [4.69, 9.17) is 14.2 Å². The molecule has 3 atom stereocenters. The smallest absolute Gasteiger partial charge is 0.416 e. The van der Waals surface area contributed by atoms with Crippen molar-refractivity contribution in [3.05, 3.63) is 94.6 Å². The van der Waals surface area contributed by atoms with E-state index in [0.717, 1.165) is 5.56 Å². The Labute approximate surface area is 260 Å². The number of carbonyl (C=O) groups excluding carboxylic acids is 2. The van der Waals surface area contributed by atoms with Gasteiger partial charge < -0.3 is 24.4 Å². The van der Waals surface area contributed by atoms with Crippen LogP contribution < -0.4 is 19.5 Å². The van der Waals surface area contributed by atoms with Crippen LogP contribution in [0.25, 0.3) is 6.08 Å². The van der Waals surface area contributed by atoms with Gasteiger partial charge in [0.05, 0.1) is 25.3 Å². The molecular formula is C33H30F6N2O5. The molecule has 0 radical (unpaired) electrons. The summed E-state index contributed by atoms with van der Waals surface area (Å²) in [6.07, 6.45) is -7.19. The number of hydrogen-bond acceptors (Lipinski definition) is 5. The number of methoxy groups -OCH3 is 2. The van der Waals surface area contributed by atoms with E-state index in [1.165, 1.54) is 19.1 Å². The standard InChI is InChI=1S/C33H30F6N2O5/c1-44-28-15-20-8-9-26(46-27(20)18-29(28)45-2)30(42)40-24-10-11-41(25(17-24)12-19-6-4-3-5-7-19)31(43)21-13-22(32(34,35)36)16-23(14-21)33(37,38)39/h3-9,13-16,18,24-26H,10-12,17H2,1-2H3,(H,40,42)/t24-,25?,26+/m0/s1. The second-order valence-electron chi connectivity index (χ2n) is 11.0. The molecule has 0 saturated carbocycles. The predicted molar refractivity (Wildman–Crippen MR) is 156 cm³/mol. The number of piperidine rings is 1. The Balaban J connectivity index is 1.36. The number of carbonyl (C=O) groups is 2. The van der Waals surface area contributed by atoms with Crippen LogP contribution in [0.1, 0.15) is 45.5 Å². The minimum absolute atomic E-state index is 0.00719. The third kappa shape index (κ3) is 7.24. The van der Waals surface area contributed by atoms with Crippen molar-refractivity contribution in [2.75, 3.05) is 20.8 Å². The van der Waals surface area contributed by atoms with E-state index in [-0.39, 0.29) is 31.9 Å².